The summed E-state index contributed by atoms with van der Waals surface area (Å²) in [4.78, 5) is 55.2. The van der Waals surface area contributed by atoms with Crippen molar-refractivity contribution in [1.29, 1.82) is 0 Å². The van der Waals surface area contributed by atoms with Crippen LogP contribution in [0.5, 0.6) is 0 Å². The summed E-state index contributed by atoms with van der Waals surface area (Å²) >= 11 is 6.48. The first-order chi connectivity index (χ1) is 24.4. The van der Waals surface area contributed by atoms with E-state index in [0.717, 1.165) is 25.9 Å². The normalized spacial score (nSPS) is 15.2. The van der Waals surface area contributed by atoms with E-state index in [1.165, 1.54) is 46.9 Å². The van der Waals surface area contributed by atoms with Crippen LogP contribution in [0.4, 0.5) is 18.9 Å². The molecule has 2 fully saturated rings. The van der Waals surface area contributed by atoms with Crippen LogP contribution in [0.25, 0.3) is 11.3 Å². The zero-order valence-electron chi connectivity index (χ0n) is 27.5. The molecule has 0 bridgehead atoms. The second kappa shape index (κ2) is 16.2. The van der Waals surface area contributed by atoms with Gasteiger partial charge >= 0.3 is 6.18 Å². The zero-order valence-corrected chi connectivity index (χ0v) is 28.3. The van der Waals surface area contributed by atoms with Gasteiger partial charge in [-0.05, 0) is 50.2 Å². The van der Waals surface area contributed by atoms with E-state index in [1.54, 1.807) is 28.0 Å². The van der Waals surface area contributed by atoms with Crippen molar-refractivity contribution in [2.75, 3.05) is 44.6 Å². The Morgan fingerprint density at radius 2 is 1.75 bits per heavy atom. The SMILES string of the molecule is Cn1c(-c2cn(CCn3cccn3)nc2C(F)(F)F)cnc1C(=O)Nc1ccc(C(=O)N2CCN(C(=O)C3CCNCC3)CC2)c(Cl)c1.O=CO. The number of piperazine rings is 1. The molecule has 2 aliphatic heterocycles. The van der Waals surface area contributed by atoms with Crippen molar-refractivity contribution in [2.24, 2.45) is 13.0 Å². The molecule has 5 heterocycles. The number of carboxylic acid groups (broad SMARTS) is 1. The van der Waals surface area contributed by atoms with Gasteiger partial charge in [0.1, 0.15) is 0 Å². The first kappa shape index (κ1) is 37.0. The van der Waals surface area contributed by atoms with Crippen LogP contribution in [0.1, 0.15) is 39.5 Å². The van der Waals surface area contributed by atoms with Gasteiger partial charge in [-0.3, -0.25) is 28.5 Å². The Labute approximate surface area is 295 Å². The highest BCUT2D eigenvalue weighted by Crippen LogP contribution is 2.36. The van der Waals surface area contributed by atoms with Crippen LogP contribution in [0.15, 0.2) is 49.1 Å². The summed E-state index contributed by atoms with van der Waals surface area (Å²) < 4.78 is 45.9. The number of aromatic nitrogens is 6. The van der Waals surface area contributed by atoms with Crippen molar-refractivity contribution in [3.63, 3.8) is 0 Å². The molecule has 0 aliphatic carbocycles. The van der Waals surface area contributed by atoms with Crippen molar-refractivity contribution < 1.29 is 37.5 Å². The molecule has 2 aliphatic rings. The Morgan fingerprint density at radius 1 is 1.08 bits per heavy atom. The van der Waals surface area contributed by atoms with E-state index < -0.39 is 17.8 Å². The molecule has 0 spiro atoms. The molecule has 6 rings (SSSR count). The van der Waals surface area contributed by atoms with Crippen LogP contribution in [0, 0.1) is 5.92 Å². The molecule has 0 atom stereocenters. The third kappa shape index (κ3) is 8.75. The van der Waals surface area contributed by atoms with Crippen LogP contribution < -0.4 is 10.6 Å². The highest BCUT2D eigenvalue weighted by Gasteiger charge is 2.39. The number of nitrogens with one attached hydrogen (secondary N) is 2. The first-order valence-electron chi connectivity index (χ1n) is 16.0. The Bertz CT molecular complexity index is 1850. The summed E-state index contributed by atoms with van der Waals surface area (Å²) in [6.45, 7) is 3.52. The number of rotatable bonds is 8. The predicted molar refractivity (Wildman–Crippen MR) is 178 cm³/mol. The lowest BCUT2D eigenvalue weighted by Gasteiger charge is -2.37. The maximum Gasteiger partial charge on any atom is 0.435 e. The number of nitrogens with zero attached hydrogens (tertiary/aromatic N) is 8. The minimum absolute atomic E-state index is 0.0166. The fourth-order valence-corrected chi connectivity index (χ4v) is 6.28. The van der Waals surface area contributed by atoms with Crippen LogP contribution in [0.2, 0.25) is 5.02 Å². The summed E-state index contributed by atoms with van der Waals surface area (Å²) in [6, 6.07) is 6.16. The third-order valence-electron chi connectivity index (χ3n) is 8.64. The predicted octanol–water partition coefficient (Wildman–Crippen LogP) is 3.09. The van der Waals surface area contributed by atoms with Crippen molar-refractivity contribution >= 4 is 41.5 Å². The lowest BCUT2D eigenvalue weighted by molar-refractivity contribution is -0.141. The van der Waals surface area contributed by atoms with E-state index in [1.807, 2.05) is 4.90 Å². The molecule has 2 saturated heterocycles. The molecule has 4 aromatic rings. The standard InChI is InChI=1S/C31H34ClF3N10O3.CH2O2/c1-41-25(23-19-45(40-26(23)31(33,34)35)16-15-44-10-2-7-38-44)18-37-27(41)28(46)39-21-3-4-22(24(32)17-21)30(48)43-13-11-42(12-14-43)29(47)20-5-8-36-9-6-20;2-1-3/h2-4,7,10,17-20,36H,5-6,8-9,11-16H2,1H3,(H,39,46);1H,(H,2,3). The topological polar surface area (TPSA) is 173 Å². The molecule has 51 heavy (non-hydrogen) atoms. The van der Waals surface area contributed by atoms with E-state index in [2.05, 4.69) is 25.8 Å². The molecule has 3 N–H and O–H groups in total. The number of benzene rings is 1. The quantitative estimate of drug-likeness (QED) is 0.230. The van der Waals surface area contributed by atoms with Crippen LogP contribution in [-0.4, -0.2) is 107 Å². The number of anilines is 1. The van der Waals surface area contributed by atoms with Gasteiger partial charge in [0.2, 0.25) is 5.91 Å². The Morgan fingerprint density at radius 3 is 2.37 bits per heavy atom. The number of aryl methyl sites for hydroxylation is 2. The van der Waals surface area contributed by atoms with Gasteiger partial charge in [-0.2, -0.15) is 23.4 Å². The molecule has 15 nitrogen and oxygen atoms in total. The number of hydrogen-bond acceptors (Lipinski definition) is 8. The van der Waals surface area contributed by atoms with Crippen molar-refractivity contribution in [2.45, 2.75) is 32.1 Å². The van der Waals surface area contributed by atoms with Crippen molar-refractivity contribution in [1.82, 2.24) is 44.2 Å². The van der Waals surface area contributed by atoms with E-state index in [9.17, 15) is 27.6 Å². The molecule has 3 aromatic heterocycles. The number of alkyl halides is 3. The fourth-order valence-electron chi connectivity index (χ4n) is 6.02. The van der Waals surface area contributed by atoms with Crippen LogP contribution in [0.3, 0.4) is 0 Å². The summed E-state index contributed by atoms with van der Waals surface area (Å²) in [5.74, 6) is -0.961. The average molecular weight is 733 g/mol. The van der Waals surface area contributed by atoms with Crippen LogP contribution in [-0.2, 0) is 35.9 Å². The number of piperidine rings is 1. The zero-order chi connectivity index (χ0) is 36.7. The molecular formula is C32H36ClF3N10O5. The Kier molecular flexibility index (Phi) is 11.8. The van der Waals surface area contributed by atoms with E-state index in [4.69, 9.17) is 21.5 Å². The van der Waals surface area contributed by atoms with E-state index in [0.29, 0.717) is 32.7 Å². The van der Waals surface area contributed by atoms with Gasteiger partial charge in [0.15, 0.2) is 11.5 Å². The molecule has 0 unspecified atom stereocenters. The van der Waals surface area contributed by atoms with E-state index in [-0.39, 0.29) is 64.1 Å². The van der Waals surface area contributed by atoms with Gasteiger partial charge in [0.25, 0.3) is 18.3 Å². The van der Waals surface area contributed by atoms with Crippen molar-refractivity contribution in [3.8, 4) is 11.3 Å². The van der Waals surface area contributed by atoms with E-state index >= 15 is 0 Å². The number of imidazole rings is 1. The molecule has 272 valence electrons. The minimum Gasteiger partial charge on any atom is -0.483 e. The first-order valence-corrected chi connectivity index (χ1v) is 16.4. The lowest BCUT2D eigenvalue weighted by Crippen LogP contribution is -2.52. The van der Waals surface area contributed by atoms with Crippen LogP contribution >= 0.6 is 11.6 Å². The Balaban J connectivity index is 0.00000162. The van der Waals surface area contributed by atoms with Gasteiger partial charge in [-0.1, -0.05) is 11.6 Å². The van der Waals surface area contributed by atoms with Gasteiger partial charge in [-0.25, -0.2) is 4.98 Å². The summed E-state index contributed by atoms with van der Waals surface area (Å²) in [6.07, 6.45) is 2.62. The minimum atomic E-state index is -4.74. The highest BCUT2D eigenvalue weighted by atomic mass is 35.5. The van der Waals surface area contributed by atoms with Crippen molar-refractivity contribution in [3.05, 3.63) is 71.2 Å². The maximum atomic E-state index is 14.0. The molecule has 1 aromatic carbocycles. The number of halogens is 4. The number of carbonyl (C=O) groups excluding carboxylic acids is 3. The number of carbonyl (C=O) groups is 4. The molecule has 19 heteroatoms. The second-order valence-corrected chi connectivity index (χ2v) is 12.3. The summed E-state index contributed by atoms with van der Waals surface area (Å²) in [5.41, 5.74) is -0.754. The van der Waals surface area contributed by atoms with Gasteiger partial charge in [0.05, 0.1) is 41.1 Å². The smallest absolute Gasteiger partial charge is 0.435 e. The Hall–Kier alpha value is -5.23. The maximum absolute atomic E-state index is 14.0. The second-order valence-electron chi connectivity index (χ2n) is 11.8. The molecule has 0 saturated carbocycles. The van der Waals surface area contributed by atoms with Gasteiger partial charge in [-0.15, -0.1) is 0 Å². The summed E-state index contributed by atoms with van der Waals surface area (Å²) in [5, 5.41) is 20.7. The third-order valence-corrected chi connectivity index (χ3v) is 8.95. The van der Waals surface area contributed by atoms with Gasteiger partial charge in [0, 0.05) is 63.4 Å². The van der Waals surface area contributed by atoms with Gasteiger partial charge < -0.3 is 30.1 Å². The monoisotopic (exact) mass is 732 g/mol. The largest absolute Gasteiger partial charge is 0.483 e. The number of hydrogen-bond donors (Lipinski definition) is 3. The number of amides is 3. The fraction of sp³-hybridized carbons (Fsp3) is 0.406. The molecular weight excluding hydrogens is 697 g/mol. The average Bonchev–Trinajstić information content (AvgIpc) is 3.88. The molecule has 3 amide bonds. The lowest BCUT2D eigenvalue weighted by atomic mass is 9.96. The summed E-state index contributed by atoms with van der Waals surface area (Å²) in [7, 11) is 1.44. The highest BCUT2D eigenvalue weighted by molar-refractivity contribution is 6.34. The molecule has 0 radical (unpaired) electrons.